The molecule has 0 saturated carbocycles. The molecule has 102 valence electrons. The Morgan fingerprint density at radius 2 is 1.41 bits per heavy atom. The minimum Gasteiger partial charge on any atom is -0.373 e. The molecule has 0 N–H and O–H groups in total. The maximum absolute atomic E-state index is 5.94. The molecule has 0 aromatic rings. The quantitative estimate of drug-likeness (QED) is 0.304. The SMILES string of the molecule is C=CC[Si](OCCC)(OCCC)OCCCC. The van der Waals surface area contributed by atoms with Gasteiger partial charge in [0, 0.05) is 25.9 Å². The molecule has 0 atom stereocenters. The lowest BCUT2D eigenvalue weighted by Crippen LogP contribution is -2.46. The molecule has 0 saturated heterocycles. The van der Waals surface area contributed by atoms with Gasteiger partial charge < -0.3 is 13.3 Å². The van der Waals surface area contributed by atoms with Gasteiger partial charge in [-0.15, -0.1) is 6.58 Å². The summed E-state index contributed by atoms with van der Waals surface area (Å²) < 4.78 is 17.7. The van der Waals surface area contributed by atoms with Crippen molar-refractivity contribution in [2.75, 3.05) is 19.8 Å². The highest BCUT2D eigenvalue weighted by Crippen LogP contribution is 2.18. The second-order valence-corrected chi connectivity index (χ2v) is 6.72. The molecule has 4 heteroatoms. The minimum absolute atomic E-state index is 0.704. The monoisotopic (exact) mass is 260 g/mol. The summed E-state index contributed by atoms with van der Waals surface area (Å²) in [4.78, 5) is 0. The van der Waals surface area contributed by atoms with Gasteiger partial charge in [0.25, 0.3) is 0 Å². The van der Waals surface area contributed by atoms with E-state index in [9.17, 15) is 0 Å². The average Bonchev–Trinajstić information content (AvgIpc) is 2.34. The van der Waals surface area contributed by atoms with Crippen molar-refractivity contribution < 1.29 is 13.3 Å². The molecular weight excluding hydrogens is 232 g/mol. The first-order valence-electron chi connectivity index (χ1n) is 6.77. The predicted octanol–water partition coefficient (Wildman–Crippen LogP) is 3.78. The van der Waals surface area contributed by atoms with Crippen LogP contribution in [0.4, 0.5) is 0 Å². The summed E-state index contributed by atoms with van der Waals surface area (Å²) in [6.45, 7) is 12.3. The molecule has 0 rings (SSSR count). The first-order valence-corrected chi connectivity index (χ1v) is 8.70. The Morgan fingerprint density at radius 3 is 1.82 bits per heavy atom. The van der Waals surface area contributed by atoms with Crippen molar-refractivity contribution in [3.8, 4) is 0 Å². The van der Waals surface area contributed by atoms with E-state index in [2.05, 4.69) is 27.4 Å². The lowest BCUT2D eigenvalue weighted by molar-refractivity contribution is 0.0610. The molecule has 0 bridgehead atoms. The maximum atomic E-state index is 5.94. The van der Waals surface area contributed by atoms with E-state index in [4.69, 9.17) is 13.3 Å². The van der Waals surface area contributed by atoms with Gasteiger partial charge in [-0.05, 0) is 19.3 Å². The van der Waals surface area contributed by atoms with E-state index in [1.54, 1.807) is 0 Å². The van der Waals surface area contributed by atoms with Crippen LogP contribution in [0.25, 0.3) is 0 Å². The summed E-state index contributed by atoms with van der Waals surface area (Å²) in [5.74, 6) is 0. The first kappa shape index (κ1) is 16.8. The standard InChI is InChI=1S/C13H28O3Si/c1-5-9-12-16-17(13-8-4,14-10-6-2)15-11-7-3/h8H,4-7,9-13H2,1-3H3. The van der Waals surface area contributed by atoms with Crippen LogP contribution in [0, 0.1) is 0 Å². The van der Waals surface area contributed by atoms with Gasteiger partial charge in [-0.2, -0.15) is 0 Å². The summed E-state index contributed by atoms with van der Waals surface area (Å²) >= 11 is 0. The lowest BCUT2D eigenvalue weighted by atomic mass is 10.4. The molecule has 0 aromatic heterocycles. The van der Waals surface area contributed by atoms with Gasteiger partial charge in [0.15, 0.2) is 0 Å². The van der Waals surface area contributed by atoms with E-state index < -0.39 is 8.80 Å². The smallest absolute Gasteiger partial charge is 0.373 e. The van der Waals surface area contributed by atoms with Crippen molar-refractivity contribution >= 4 is 8.80 Å². The van der Waals surface area contributed by atoms with E-state index in [0.29, 0.717) is 19.3 Å². The summed E-state index contributed by atoms with van der Waals surface area (Å²) in [6.07, 6.45) is 6.00. The minimum atomic E-state index is -2.49. The lowest BCUT2D eigenvalue weighted by Gasteiger charge is -2.28. The van der Waals surface area contributed by atoms with E-state index in [0.717, 1.165) is 32.3 Å². The third-order valence-corrected chi connectivity index (χ3v) is 4.99. The van der Waals surface area contributed by atoms with Gasteiger partial charge in [-0.3, -0.25) is 0 Å². The highest BCUT2D eigenvalue weighted by molar-refractivity contribution is 6.61. The Hall–Kier alpha value is -0.163. The third-order valence-electron chi connectivity index (χ3n) is 2.27. The molecule has 0 aromatic carbocycles. The fraction of sp³-hybridized carbons (Fsp3) is 0.846. The number of unbranched alkanes of at least 4 members (excludes halogenated alkanes) is 1. The van der Waals surface area contributed by atoms with E-state index >= 15 is 0 Å². The van der Waals surface area contributed by atoms with Crippen molar-refractivity contribution in [2.45, 2.75) is 52.5 Å². The van der Waals surface area contributed by atoms with Gasteiger partial charge in [-0.25, -0.2) is 0 Å². The van der Waals surface area contributed by atoms with Crippen LogP contribution in [0.5, 0.6) is 0 Å². The normalized spacial score (nSPS) is 11.7. The Bertz CT molecular complexity index is 178. The van der Waals surface area contributed by atoms with Gasteiger partial charge >= 0.3 is 8.80 Å². The van der Waals surface area contributed by atoms with Crippen molar-refractivity contribution in [3.05, 3.63) is 12.7 Å². The Balaban J connectivity index is 4.37. The molecule has 17 heavy (non-hydrogen) atoms. The summed E-state index contributed by atoms with van der Waals surface area (Å²) in [5, 5.41) is 0. The Labute approximate surface area is 108 Å². The largest absolute Gasteiger partial charge is 0.504 e. The van der Waals surface area contributed by atoms with E-state index in [1.165, 1.54) is 0 Å². The molecule has 0 unspecified atom stereocenters. The van der Waals surface area contributed by atoms with Crippen molar-refractivity contribution in [2.24, 2.45) is 0 Å². The summed E-state index contributed by atoms with van der Waals surface area (Å²) in [5.41, 5.74) is 0. The molecule has 0 fully saturated rings. The molecule has 0 aliphatic rings. The zero-order valence-electron chi connectivity index (χ0n) is 11.7. The molecule has 0 heterocycles. The Kier molecular flexibility index (Phi) is 10.9. The zero-order chi connectivity index (χ0) is 13.0. The van der Waals surface area contributed by atoms with Crippen LogP contribution in [0.2, 0.25) is 6.04 Å². The van der Waals surface area contributed by atoms with Crippen LogP contribution >= 0.6 is 0 Å². The van der Waals surface area contributed by atoms with E-state index in [1.807, 2.05) is 6.08 Å². The highest BCUT2D eigenvalue weighted by atomic mass is 28.4. The molecule has 0 radical (unpaired) electrons. The molecular formula is C13H28O3Si. The van der Waals surface area contributed by atoms with Crippen molar-refractivity contribution in [3.63, 3.8) is 0 Å². The predicted molar refractivity (Wildman–Crippen MR) is 74.1 cm³/mol. The van der Waals surface area contributed by atoms with Crippen LogP contribution in [-0.2, 0) is 13.3 Å². The number of hydrogen-bond acceptors (Lipinski definition) is 3. The Morgan fingerprint density at radius 1 is 0.882 bits per heavy atom. The highest BCUT2D eigenvalue weighted by Gasteiger charge is 2.39. The fourth-order valence-electron chi connectivity index (χ4n) is 1.37. The van der Waals surface area contributed by atoms with Gasteiger partial charge in [0.2, 0.25) is 0 Å². The average molecular weight is 260 g/mol. The number of allylic oxidation sites excluding steroid dienone is 1. The van der Waals surface area contributed by atoms with Crippen LogP contribution in [-0.4, -0.2) is 28.6 Å². The topological polar surface area (TPSA) is 27.7 Å². The van der Waals surface area contributed by atoms with Crippen LogP contribution < -0.4 is 0 Å². The first-order chi connectivity index (χ1) is 8.24. The van der Waals surface area contributed by atoms with Gasteiger partial charge in [0.1, 0.15) is 0 Å². The number of rotatable bonds is 12. The molecule has 3 nitrogen and oxygen atoms in total. The van der Waals surface area contributed by atoms with Crippen LogP contribution in [0.3, 0.4) is 0 Å². The number of hydrogen-bond donors (Lipinski definition) is 0. The van der Waals surface area contributed by atoms with Crippen LogP contribution in [0.15, 0.2) is 12.7 Å². The van der Waals surface area contributed by atoms with Crippen molar-refractivity contribution in [1.82, 2.24) is 0 Å². The molecule has 0 spiro atoms. The fourth-order valence-corrected chi connectivity index (χ4v) is 3.81. The van der Waals surface area contributed by atoms with Gasteiger partial charge in [-0.1, -0.05) is 33.3 Å². The molecule has 0 aliphatic carbocycles. The summed E-state index contributed by atoms with van der Waals surface area (Å²) in [6, 6.07) is 0.705. The van der Waals surface area contributed by atoms with Crippen molar-refractivity contribution in [1.29, 1.82) is 0 Å². The van der Waals surface area contributed by atoms with Crippen LogP contribution in [0.1, 0.15) is 46.5 Å². The molecule has 0 amide bonds. The third kappa shape index (κ3) is 7.71. The second kappa shape index (κ2) is 11.0. The van der Waals surface area contributed by atoms with Gasteiger partial charge in [0.05, 0.1) is 0 Å². The van der Waals surface area contributed by atoms with E-state index in [-0.39, 0.29) is 0 Å². The summed E-state index contributed by atoms with van der Waals surface area (Å²) in [7, 11) is -2.49. The maximum Gasteiger partial charge on any atom is 0.504 e. The molecule has 0 aliphatic heterocycles. The second-order valence-electron chi connectivity index (χ2n) is 4.07. The zero-order valence-corrected chi connectivity index (χ0v) is 12.7.